The van der Waals surface area contributed by atoms with Gasteiger partial charge in [0.15, 0.2) is 0 Å². The van der Waals surface area contributed by atoms with Gasteiger partial charge in [-0.3, -0.25) is 4.79 Å². The van der Waals surface area contributed by atoms with Gasteiger partial charge in [0, 0.05) is 0 Å². The van der Waals surface area contributed by atoms with Crippen molar-refractivity contribution in [2.24, 2.45) is 5.92 Å². The Bertz CT molecular complexity index is 975. The van der Waals surface area contributed by atoms with Crippen molar-refractivity contribution < 1.29 is 45.5 Å². The molecule has 0 unspecified atom stereocenters. The van der Waals surface area contributed by atoms with Crippen molar-refractivity contribution in [2.75, 3.05) is 0 Å². The van der Waals surface area contributed by atoms with Crippen molar-refractivity contribution >= 4 is 13.7 Å². The molecule has 0 heterocycles. The van der Waals surface area contributed by atoms with Crippen LogP contribution < -0.4 is 14.1 Å². The van der Waals surface area contributed by atoms with Crippen LogP contribution in [0.15, 0.2) is 30.3 Å². The number of para-hydroxylation sites is 1. The topological polar surface area (TPSA) is 84.9 Å². The number of hydrogen-bond donors (Lipinski definition) is 2. The second-order valence-electron chi connectivity index (χ2n) is 6.67. The van der Waals surface area contributed by atoms with Crippen LogP contribution in [0.4, 0.5) is 22.0 Å². The van der Waals surface area contributed by atoms with Crippen molar-refractivity contribution in [3.8, 4) is 11.5 Å². The fourth-order valence-electron chi connectivity index (χ4n) is 2.18. The smallest absolute Gasteiger partial charge is 0.480 e. The van der Waals surface area contributed by atoms with Crippen LogP contribution in [0.2, 0.25) is 0 Å². The Morgan fingerprint density at radius 3 is 1.87 bits per heavy atom. The lowest BCUT2D eigenvalue weighted by Gasteiger charge is -2.33. The Kier molecular flexibility index (Phi) is 6.78. The molecule has 0 fully saturated rings. The van der Waals surface area contributed by atoms with Gasteiger partial charge in [-0.25, -0.2) is 17.7 Å². The summed E-state index contributed by atoms with van der Waals surface area (Å²) in [5, 5.41) is 11.6. The maximum atomic E-state index is 14.1. The van der Waals surface area contributed by atoms with E-state index in [9.17, 15) is 36.4 Å². The van der Waals surface area contributed by atoms with E-state index in [1.807, 2.05) is 0 Å². The van der Waals surface area contributed by atoms with Crippen molar-refractivity contribution in [3.63, 3.8) is 0 Å². The minimum absolute atomic E-state index is 0.186. The summed E-state index contributed by atoms with van der Waals surface area (Å²) in [6.07, 6.45) is 0. The van der Waals surface area contributed by atoms with Crippen LogP contribution in [0.25, 0.3) is 0 Å². The number of carbonyl (C=O) groups is 1. The number of aliphatic carboxylic acids is 1. The Morgan fingerprint density at radius 1 is 0.967 bits per heavy atom. The fourth-order valence-corrected chi connectivity index (χ4v) is 4.03. The van der Waals surface area contributed by atoms with Crippen LogP contribution in [0.1, 0.15) is 20.8 Å². The summed E-state index contributed by atoms with van der Waals surface area (Å²) in [6.45, 7) is 3.93. The first-order valence-electron chi connectivity index (χ1n) is 8.41. The van der Waals surface area contributed by atoms with Gasteiger partial charge in [-0.1, -0.05) is 32.0 Å². The number of carboxylic acids is 1. The van der Waals surface area contributed by atoms with Crippen molar-refractivity contribution in [3.05, 3.63) is 59.4 Å². The Hall–Kier alpha value is -2.65. The first-order valence-corrected chi connectivity index (χ1v) is 9.95. The molecule has 0 aliphatic heterocycles. The number of nitrogens with one attached hydrogen (secondary N) is 1. The average molecular weight is 453 g/mol. The van der Waals surface area contributed by atoms with Crippen molar-refractivity contribution in [1.82, 2.24) is 5.09 Å². The molecule has 0 bridgehead atoms. The lowest BCUT2D eigenvalue weighted by molar-refractivity contribution is -0.145. The van der Waals surface area contributed by atoms with E-state index >= 15 is 0 Å². The highest BCUT2D eigenvalue weighted by Gasteiger charge is 2.47. The lowest BCUT2D eigenvalue weighted by Crippen LogP contribution is -2.53. The first kappa shape index (κ1) is 23.6. The molecule has 0 amide bonds. The first-order chi connectivity index (χ1) is 13.8. The molecule has 0 saturated carbocycles. The number of carboxylic acid groups (broad SMARTS) is 1. The summed E-state index contributed by atoms with van der Waals surface area (Å²) in [5.74, 6) is -16.3. The summed E-state index contributed by atoms with van der Waals surface area (Å²) in [4.78, 5) is 11.7. The molecule has 0 aliphatic rings. The molecule has 0 radical (unpaired) electrons. The molecule has 12 heteroatoms. The highest BCUT2D eigenvalue weighted by atomic mass is 31.2. The predicted molar refractivity (Wildman–Crippen MR) is 95.6 cm³/mol. The van der Waals surface area contributed by atoms with Crippen LogP contribution in [-0.2, 0) is 9.36 Å². The summed E-state index contributed by atoms with van der Waals surface area (Å²) < 4.78 is 91.5. The van der Waals surface area contributed by atoms with E-state index in [4.69, 9.17) is 4.52 Å². The number of benzene rings is 2. The van der Waals surface area contributed by atoms with Gasteiger partial charge in [0.1, 0.15) is 11.3 Å². The number of halogens is 5. The summed E-state index contributed by atoms with van der Waals surface area (Å²) in [5.41, 5.74) is -2.03. The van der Waals surface area contributed by atoms with E-state index < -0.39 is 60.0 Å². The lowest BCUT2D eigenvalue weighted by atomic mass is 9.90. The van der Waals surface area contributed by atoms with Gasteiger partial charge in [0.2, 0.25) is 34.8 Å². The molecular formula is C18H17F5NO5P. The predicted octanol–water partition coefficient (Wildman–Crippen LogP) is 5.04. The minimum Gasteiger partial charge on any atom is -0.480 e. The van der Waals surface area contributed by atoms with Gasteiger partial charge in [-0.15, -0.1) is 0 Å². The molecule has 30 heavy (non-hydrogen) atoms. The second kappa shape index (κ2) is 8.61. The third-order valence-corrected chi connectivity index (χ3v) is 5.93. The van der Waals surface area contributed by atoms with Gasteiger partial charge in [-0.2, -0.15) is 13.9 Å². The largest absolute Gasteiger partial charge is 0.514 e. The quantitative estimate of drug-likeness (QED) is 0.252. The Morgan fingerprint density at radius 2 is 1.43 bits per heavy atom. The summed E-state index contributed by atoms with van der Waals surface area (Å²) in [6, 6.07) is 6.91. The van der Waals surface area contributed by atoms with E-state index in [-0.39, 0.29) is 5.75 Å². The molecule has 2 aromatic carbocycles. The molecule has 2 aromatic rings. The van der Waals surface area contributed by atoms with E-state index in [0.717, 1.165) is 6.92 Å². The minimum atomic E-state index is -5.07. The van der Waals surface area contributed by atoms with Crippen molar-refractivity contribution in [1.29, 1.82) is 0 Å². The van der Waals surface area contributed by atoms with Gasteiger partial charge < -0.3 is 14.2 Å². The van der Waals surface area contributed by atoms with Gasteiger partial charge in [0.25, 0.3) is 0 Å². The van der Waals surface area contributed by atoms with Crippen LogP contribution in [-0.4, -0.2) is 16.6 Å². The zero-order chi connectivity index (χ0) is 22.9. The Balaban J connectivity index is 2.61. The maximum absolute atomic E-state index is 14.1. The monoisotopic (exact) mass is 453 g/mol. The zero-order valence-corrected chi connectivity index (χ0v) is 16.8. The van der Waals surface area contributed by atoms with E-state index in [1.54, 1.807) is 6.07 Å². The number of hydrogen-bond acceptors (Lipinski definition) is 4. The van der Waals surface area contributed by atoms with E-state index in [2.05, 4.69) is 9.61 Å². The molecule has 0 aliphatic carbocycles. The molecule has 2 atom stereocenters. The highest BCUT2D eigenvalue weighted by Crippen LogP contribution is 2.49. The third-order valence-electron chi connectivity index (χ3n) is 4.32. The fraction of sp³-hybridized carbons (Fsp3) is 0.278. The highest BCUT2D eigenvalue weighted by molar-refractivity contribution is 7.52. The molecule has 2 N–H and O–H groups in total. The molecule has 0 aromatic heterocycles. The van der Waals surface area contributed by atoms with Crippen LogP contribution >= 0.6 is 7.75 Å². The molecule has 2 rings (SSSR count). The molecule has 164 valence electrons. The van der Waals surface area contributed by atoms with Crippen LogP contribution in [0.3, 0.4) is 0 Å². The van der Waals surface area contributed by atoms with E-state index in [1.165, 1.54) is 38.1 Å². The second-order valence-corrected chi connectivity index (χ2v) is 8.25. The van der Waals surface area contributed by atoms with E-state index in [0.29, 0.717) is 0 Å². The molecule has 0 spiro atoms. The third kappa shape index (κ3) is 4.57. The summed E-state index contributed by atoms with van der Waals surface area (Å²) >= 11 is 0. The molecule has 0 saturated heterocycles. The number of rotatable bonds is 8. The zero-order valence-electron chi connectivity index (χ0n) is 15.9. The maximum Gasteiger partial charge on any atom is 0.514 e. The van der Waals surface area contributed by atoms with Crippen LogP contribution in [0.5, 0.6) is 11.5 Å². The van der Waals surface area contributed by atoms with Crippen LogP contribution in [0, 0.1) is 35.0 Å². The SMILES string of the molecule is CC(C)[C@](C)(N[P@@](=O)(Oc1ccccc1)Oc1c(F)c(F)c(F)c(F)c1F)C(=O)O. The van der Waals surface area contributed by atoms with Gasteiger partial charge in [0.05, 0.1) is 0 Å². The molecular weight excluding hydrogens is 436 g/mol. The Labute approximate surface area is 168 Å². The molecule has 6 nitrogen and oxygen atoms in total. The average Bonchev–Trinajstić information content (AvgIpc) is 2.68. The van der Waals surface area contributed by atoms with Crippen molar-refractivity contribution in [2.45, 2.75) is 26.3 Å². The summed E-state index contributed by atoms with van der Waals surface area (Å²) in [7, 11) is -5.07. The van der Waals surface area contributed by atoms with Gasteiger partial charge >= 0.3 is 13.7 Å². The van der Waals surface area contributed by atoms with Gasteiger partial charge in [-0.05, 0) is 25.0 Å². The normalized spacial score (nSPS) is 15.4. The standard InChI is InChI=1S/C18H17F5NO5P/c1-9(2)18(3,17(25)26)24-30(27,28-10-7-5-4-6-8-10)29-16-14(22)12(20)11(19)13(21)15(16)23/h4-9H,1-3H3,(H,24,27)(H,25,26)/t18-,30+/m0/s1.